The summed E-state index contributed by atoms with van der Waals surface area (Å²) in [6.07, 6.45) is 11.6. The molecular weight excluding hydrogens is 392 g/mol. The Morgan fingerprint density at radius 1 is 1.13 bits per heavy atom. The first-order valence-electron chi connectivity index (χ1n) is 12.1. The Balaban J connectivity index is 1.43. The van der Waals surface area contributed by atoms with Crippen molar-refractivity contribution in [1.82, 2.24) is 4.98 Å². The minimum Gasteiger partial charge on any atom is -0.389 e. The van der Waals surface area contributed by atoms with Crippen LogP contribution in [0.4, 0.5) is 5.13 Å². The predicted octanol–water partition coefficient (Wildman–Crippen LogP) is 5.48. The van der Waals surface area contributed by atoms with Crippen LogP contribution >= 0.6 is 11.3 Å². The summed E-state index contributed by atoms with van der Waals surface area (Å²) in [6.45, 7) is 7.92. The maximum atomic E-state index is 12.0. The van der Waals surface area contributed by atoms with E-state index in [1.165, 1.54) is 18.4 Å². The lowest BCUT2D eigenvalue weighted by molar-refractivity contribution is -0.134. The highest BCUT2D eigenvalue weighted by Crippen LogP contribution is 2.69. The average molecular weight is 431 g/mol. The Hall–Kier alpha value is -0.910. The van der Waals surface area contributed by atoms with Gasteiger partial charge in [0, 0.05) is 17.3 Å². The summed E-state index contributed by atoms with van der Waals surface area (Å²) in [6, 6.07) is 0. The van der Waals surface area contributed by atoms with Crippen molar-refractivity contribution in [3.05, 3.63) is 22.7 Å². The fraction of sp³-hybridized carbons (Fsp3) is 0.800. The van der Waals surface area contributed by atoms with E-state index in [0.29, 0.717) is 17.8 Å². The van der Waals surface area contributed by atoms with Crippen LogP contribution in [0.15, 0.2) is 17.0 Å². The van der Waals surface area contributed by atoms with Gasteiger partial charge in [0.05, 0.1) is 11.8 Å². The minimum atomic E-state index is -0.801. The van der Waals surface area contributed by atoms with E-state index in [4.69, 9.17) is 4.98 Å². The van der Waals surface area contributed by atoms with E-state index in [0.717, 1.165) is 62.3 Å². The molecule has 0 aliphatic heterocycles. The van der Waals surface area contributed by atoms with Crippen LogP contribution in [0.3, 0.4) is 0 Å². The van der Waals surface area contributed by atoms with Crippen molar-refractivity contribution < 1.29 is 10.2 Å². The second-order valence-corrected chi connectivity index (χ2v) is 11.8. The molecule has 0 saturated heterocycles. The SMILES string of the molecule is CCCNc1nc([C@@]2(O)CC[C@H]3[C@@H]4CCC5=C[C@@H](O)CC[C@]5(C)[C@H]4CC[C@@]32C)cs1. The molecular formula is C25H38N2O2S. The number of thiazole rings is 1. The van der Waals surface area contributed by atoms with Crippen molar-refractivity contribution in [2.24, 2.45) is 28.6 Å². The molecule has 7 atom stereocenters. The number of allylic oxidation sites excluding steroid dienone is 1. The molecule has 4 nitrogen and oxygen atoms in total. The quantitative estimate of drug-likeness (QED) is 0.554. The molecule has 3 saturated carbocycles. The van der Waals surface area contributed by atoms with Gasteiger partial charge in [0.15, 0.2) is 5.13 Å². The Kier molecular flexibility index (Phi) is 5.11. The fourth-order valence-corrected chi connectivity index (χ4v) is 8.73. The Bertz CT molecular complexity index is 837. The van der Waals surface area contributed by atoms with Gasteiger partial charge in [-0.05, 0) is 81.0 Å². The lowest BCUT2D eigenvalue weighted by Crippen LogP contribution is -2.54. The second kappa shape index (κ2) is 7.31. The van der Waals surface area contributed by atoms with Crippen LogP contribution in [-0.4, -0.2) is 27.8 Å². The van der Waals surface area contributed by atoms with Crippen LogP contribution in [0.5, 0.6) is 0 Å². The maximum Gasteiger partial charge on any atom is 0.182 e. The summed E-state index contributed by atoms with van der Waals surface area (Å²) in [7, 11) is 0. The molecule has 5 heteroatoms. The van der Waals surface area contributed by atoms with Crippen LogP contribution in [-0.2, 0) is 5.60 Å². The minimum absolute atomic E-state index is 0.0873. The van der Waals surface area contributed by atoms with Gasteiger partial charge in [-0.3, -0.25) is 0 Å². The normalized spacial score (nSPS) is 45.3. The standard InChI is InChI=1S/C25H38N2O2S/c1-4-13-26-22-27-21(15-30-22)25(29)12-9-20-18-6-5-16-14-17(28)7-10-23(16,2)19(18)8-11-24(20,25)3/h14-15,17-20,28-29H,4-13H2,1-3H3,(H,26,27)/t17-,18+,19-,20-,23-,24-,25-/m0/s1. The van der Waals surface area contributed by atoms with Gasteiger partial charge in [0.25, 0.3) is 0 Å². The van der Waals surface area contributed by atoms with Gasteiger partial charge in [0.1, 0.15) is 5.60 Å². The first-order valence-corrected chi connectivity index (χ1v) is 13.0. The van der Waals surface area contributed by atoms with Gasteiger partial charge in [-0.2, -0.15) is 0 Å². The van der Waals surface area contributed by atoms with Gasteiger partial charge < -0.3 is 15.5 Å². The molecule has 0 unspecified atom stereocenters. The van der Waals surface area contributed by atoms with E-state index < -0.39 is 5.60 Å². The van der Waals surface area contributed by atoms with Crippen LogP contribution in [0.1, 0.15) is 84.3 Å². The highest BCUT2D eigenvalue weighted by molar-refractivity contribution is 7.13. The molecule has 4 aliphatic carbocycles. The van der Waals surface area contributed by atoms with Gasteiger partial charge >= 0.3 is 0 Å². The van der Waals surface area contributed by atoms with E-state index >= 15 is 0 Å². The van der Waals surface area contributed by atoms with Crippen molar-refractivity contribution in [3.8, 4) is 0 Å². The zero-order chi connectivity index (χ0) is 21.1. The molecule has 166 valence electrons. The van der Waals surface area contributed by atoms with Crippen molar-refractivity contribution in [2.75, 3.05) is 11.9 Å². The lowest BCUT2D eigenvalue weighted by Gasteiger charge is -2.59. The van der Waals surface area contributed by atoms with E-state index in [-0.39, 0.29) is 16.9 Å². The average Bonchev–Trinajstić information content (AvgIpc) is 3.31. The lowest BCUT2D eigenvalue weighted by atomic mass is 9.46. The third-order valence-corrected chi connectivity index (χ3v) is 10.5. The largest absolute Gasteiger partial charge is 0.389 e. The van der Waals surface area contributed by atoms with E-state index in [1.807, 2.05) is 0 Å². The molecule has 0 spiro atoms. The number of aromatic nitrogens is 1. The van der Waals surface area contributed by atoms with E-state index in [2.05, 4.69) is 37.5 Å². The van der Waals surface area contributed by atoms with Gasteiger partial charge in [-0.1, -0.05) is 32.4 Å². The number of rotatable bonds is 4. The Morgan fingerprint density at radius 2 is 1.93 bits per heavy atom. The predicted molar refractivity (Wildman–Crippen MR) is 123 cm³/mol. The number of nitrogens with zero attached hydrogens (tertiary/aromatic N) is 1. The zero-order valence-electron chi connectivity index (χ0n) is 18.8. The fourth-order valence-electron chi connectivity index (χ4n) is 7.92. The molecule has 0 amide bonds. The van der Waals surface area contributed by atoms with Crippen LogP contribution in [0, 0.1) is 28.6 Å². The van der Waals surface area contributed by atoms with Crippen LogP contribution < -0.4 is 5.32 Å². The summed E-state index contributed by atoms with van der Waals surface area (Å²) in [5.41, 5.74) is 1.78. The molecule has 0 aromatic carbocycles. The van der Waals surface area contributed by atoms with Crippen molar-refractivity contribution in [3.63, 3.8) is 0 Å². The molecule has 1 aromatic heterocycles. The van der Waals surface area contributed by atoms with E-state index in [9.17, 15) is 10.2 Å². The summed E-state index contributed by atoms with van der Waals surface area (Å²) in [5, 5.41) is 28.7. The van der Waals surface area contributed by atoms with Crippen molar-refractivity contribution in [1.29, 1.82) is 0 Å². The molecule has 30 heavy (non-hydrogen) atoms. The third-order valence-electron chi connectivity index (χ3n) is 9.69. The molecule has 1 aromatic rings. The van der Waals surface area contributed by atoms with Gasteiger partial charge in [0.2, 0.25) is 0 Å². The van der Waals surface area contributed by atoms with Crippen molar-refractivity contribution >= 4 is 16.5 Å². The monoisotopic (exact) mass is 430 g/mol. The third kappa shape index (κ3) is 2.87. The van der Waals surface area contributed by atoms with Crippen molar-refractivity contribution in [2.45, 2.75) is 90.3 Å². The Morgan fingerprint density at radius 3 is 2.73 bits per heavy atom. The smallest absolute Gasteiger partial charge is 0.182 e. The van der Waals surface area contributed by atoms with Gasteiger partial charge in [-0.25, -0.2) is 4.98 Å². The number of anilines is 1. The number of fused-ring (bicyclic) bond motifs is 5. The van der Waals surface area contributed by atoms with Crippen LogP contribution in [0.2, 0.25) is 0 Å². The maximum absolute atomic E-state index is 12.0. The second-order valence-electron chi connectivity index (χ2n) is 11.0. The zero-order valence-corrected chi connectivity index (χ0v) is 19.6. The summed E-state index contributed by atoms with van der Waals surface area (Å²) in [4.78, 5) is 4.85. The van der Waals surface area contributed by atoms with Gasteiger partial charge in [-0.15, -0.1) is 11.3 Å². The Labute approximate surface area is 185 Å². The number of aliphatic hydroxyl groups excluding tert-OH is 1. The van der Waals surface area contributed by atoms with Crippen LogP contribution in [0.25, 0.3) is 0 Å². The molecule has 0 radical (unpaired) electrons. The van der Waals surface area contributed by atoms with E-state index in [1.54, 1.807) is 11.3 Å². The number of nitrogens with one attached hydrogen (secondary N) is 1. The molecule has 1 heterocycles. The molecule has 5 rings (SSSR count). The summed E-state index contributed by atoms with van der Waals surface area (Å²) >= 11 is 1.64. The molecule has 0 bridgehead atoms. The molecule has 3 fully saturated rings. The molecule has 4 aliphatic rings. The molecule has 3 N–H and O–H groups in total. The number of hydrogen-bond acceptors (Lipinski definition) is 5. The first-order chi connectivity index (χ1) is 14.3. The number of hydrogen-bond donors (Lipinski definition) is 3. The first kappa shape index (κ1) is 21.0. The summed E-state index contributed by atoms with van der Waals surface area (Å²) in [5.74, 6) is 1.95. The summed E-state index contributed by atoms with van der Waals surface area (Å²) < 4.78 is 0. The topological polar surface area (TPSA) is 65.4 Å². The highest BCUT2D eigenvalue weighted by atomic mass is 32.1. The number of aliphatic hydroxyl groups is 2. The highest BCUT2D eigenvalue weighted by Gasteiger charge is 2.65.